The summed E-state index contributed by atoms with van der Waals surface area (Å²) in [6.07, 6.45) is 5.24. The number of fused-ring (bicyclic) bond motifs is 1. The van der Waals surface area contributed by atoms with Crippen LogP contribution in [0.2, 0.25) is 0 Å². The number of aromatic amines is 1. The lowest BCUT2D eigenvalue weighted by molar-refractivity contribution is 0.664. The molecule has 0 atom stereocenters. The van der Waals surface area contributed by atoms with Crippen molar-refractivity contribution in [2.75, 3.05) is 5.88 Å². The zero-order chi connectivity index (χ0) is 18.1. The molecule has 0 fully saturated rings. The Morgan fingerprint density at radius 3 is 3.04 bits per heavy atom. The van der Waals surface area contributed by atoms with Gasteiger partial charge in [0.15, 0.2) is 5.82 Å². The van der Waals surface area contributed by atoms with Crippen molar-refractivity contribution < 1.29 is 0 Å². The molecule has 4 heterocycles. The number of hydrogen-bond donors (Lipinski definition) is 1. The van der Waals surface area contributed by atoms with Crippen molar-refractivity contribution in [3.63, 3.8) is 0 Å². The molecule has 5 nitrogen and oxygen atoms in total. The minimum Gasteiger partial charge on any atom is -0.305 e. The Morgan fingerprint density at radius 2 is 2.27 bits per heavy atom. The van der Waals surface area contributed by atoms with Crippen LogP contribution >= 0.6 is 45.9 Å². The SMILES string of the molecule is O=c1[nH]c(/C(Cl)=C\c2cnn(CCCl)c2)nc2scc(-c3cccs3)c12. The molecule has 132 valence electrons. The summed E-state index contributed by atoms with van der Waals surface area (Å²) in [4.78, 5) is 21.6. The number of nitrogens with one attached hydrogen (secondary N) is 1. The van der Waals surface area contributed by atoms with Gasteiger partial charge in [0.05, 0.1) is 23.2 Å². The summed E-state index contributed by atoms with van der Waals surface area (Å²) < 4.78 is 1.73. The fourth-order valence-corrected chi connectivity index (χ4v) is 4.70. The predicted molar refractivity (Wildman–Crippen MR) is 110 cm³/mol. The fraction of sp³-hybridized carbons (Fsp3) is 0.118. The van der Waals surface area contributed by atoms with Gasteiger partial charge in [-0.1, -0.05) is 17.7 Å². The van der Waals surface area contributed by atoms with Gasteiger partial charge in [0.1, 0.15) is 4.83 Å². The predicted octanol–water partition coefficient (Wildman–Crippen LogP) is 4.89. The summed E-state index contributed by atoms with van der Waals surface area (Å²) in [6, 6.07) is 3.95. The van der Waals surface area contributed by atoms with E-state index in [-0.39, 0.29) is 5.56 Å². The van der Waals surface area contributed by atoms with E-state index in [1.807, 2.05) is 29.1 Å². The highest BCUT2D eigenvalue weighted by atomic mass is 35.5. The summed E-state index contributed by atoms with van der Waals surface area (Å²) in [7, 11) is 0. The summed E-state index contributed by atoms with van der Waals surface area (Å²) in [5.74, 6) is 0.823. The zero-order valence-electron chi connectivity index (χ0n) is 13.3. The summed E-state index contributed by atoms with van der Waals surface area (Å²) in [6.45, 7) is 0.620. The number of aryl methyl sites for hydroxylation is 1. The lowest BCUT2D eigenvalue weighted by Crippen LogP contribution is -2.09. The first-order valence-electron chi connectivity index (χ1n) is 7.67. The van der Waals surface area contributed by atoms with Crippen molar-refractivity contribution >= 4 is 67.2 Å². The van der Waals surface area contributed by atoms with Gasteiger partial charge in [-0.3, -0.25) is 9.48 Å². The monoisotopic (exact) mass is 422 g/mol. The molecule has 1 N–H and O–H groups in total. The van der Waals surface area contributed by atoms with Crippen LogP contribution in [0.15, 0.2) is 40.1 Å². The molecule has 4 rings (SSSR count). The largest absolute Gasteiger partial charge is 0.305 e. The maximum atomic E-state index is 12.6. The highest BCUT2D eigenvalue weighted by molar-refractivity contribution is 7.18. The van der Waals surface area contributed by atoms with Crippen LogP contribution in [-0.4, -0.2) is 25.6 Å². The van der Waals surface area contributed by atoms with E-state index in [0.29, 0.717) is 33.5 Å². The van der Waals surface area contributed by atoms with E-state index < -0.39 is 0 Å². The van der Waals surface area contributed by atoms with Gasteiger partial charge in [-0.25, -0.2) is 4.98 Å². The Morgan fingerprint density at radius 1 is 1.38 bits per heavy atom. The molecule has 0 amide bonds. The maximum absolute atomic E-state index is 12.6. The molecule has 0 aliphatic rings. The standard InChI is InChI=1S/C17H12Cl2N4OS2/c18-3-4-23-8-10(7-20-23)6-12(19)15-21-16(24)14-11(9-26-17(14)22-15)13-2-1-5-25-13/h1-2,5-9H,3-4H2,(H,21,22,24)/b12-6+. The van der Waals surface area contributed by atoms with Gasteiger partial charge in [-0.2, -0.15) is 5.10 Å². The van der Waals surface area contributed by atoms with Crippen LogP contribution in [0, 0.1) is 0 Å². The molecule has 4 aromatic heterocycles. The molecule has 0 radical (unpaired) electrons. The second-order valence-electron chi connectivity index (χ2n) is 5.44. The Bertz CT molecular complexity index is 1140. The lowest BCUT2D eigenvalue weighted by atomic mass is 10.2. The van der Waals surface area contributed by atoms with Crippen LogP contribution in [-0.2, 0) is 6.54 Å². The van der Waals surface area contributed by atoms with Gasteiger partial charge in [0.2, 0.25) is 0 Å². The molecule has 0 bridgehead atoms. The Kier molecular flexibility index (Phi) is 4.95. The molecule has 0 aliphatic carbocycles. The molecular formula is C17H12Cl2N4OS2. The van der Waals surface area contributed by atoms with Gasteiger partial charge in [-0.05, 0) is 17.5 Å². The van der Waals surface area contributed by atoms with Crippen LogP contribution < -0.4 is 5.56 Å². The number of alkyl halides is 1. The summed E-state index contributed by atoms with van der Waals surface area (Å²) >= 11 is 15.1. The Labute approximate surface area is 166 Å². The van der Waals surface area contributed by atoms with Crippen LogP contribution in [0.1, 0.15) is 11.4 Å². The average Bonchev–Trinajstić information content (AvgIpc) is 3.34. The second kappa shape index (κ2) is 7.36. The van der Waals surface area contributed by atoms with Crippen LogP contribution in [0.4, 0.5) is 0 Å². The third-order valence-electron chi connectivity index (χ3n) is 3.72. The number of H-pyrrole nitrogens is 1. The topological polar surface area (TPSA) is 63.6 Å². The highest BCUT2D eigenvalue weighted by Crippen LogP contribution is 2.34. The third kappa shape index (κ3) is 3.35. The van der Waals surface area contributed by atoms with Gasteiger partial charge in [-0.15, -0.1) is 34.3 Å². The molecule has 0 unspecified atom stereocenters. The first-order valence-corrected chi connectivity index (χ1v) is 10.3. The smallest absolute Gasteiger partial charge is 0.260 e. The highest BCUT2D eigenvalue weighted by Gasteiger charge is 2.14. The Balaban J connectivity index is 1.73. The molecular weight excluding hydrogens is 411 g/mol. The minimum absolute atomic E-state index is 0.195. The molecule has 0 aromatic carbocycles. The fourth-order valence-electron chi connectivity index (χ4n) is 2.55. The zero-order valence-corrected chi connectivity index (χ0v) is 16.4. The maximum Gasteiger partial charge on any atom is 0.260 e. The molecule has 0 saturated carbocycles. The number of hydrogen-bond acceptors (Lipinski definition) is 5. The average molecular weight is 423 g/mol. The first kappa shape index (κ1) is 17.5. The number of aromatic nitrogens is 4. The van der Waals surface area contributed by atoms with Crippen molar-refractivity contribution in [2.24, 2.45) is 0 Å². The van der Waals surface area contributed by atoms with Crippen LogP contribution in [0.3, 0.4) is 0 Å². The quantitative estimate of drug-likeness (QED) is 0.465. The van der Waals surface area contributed by atoms with Gasteiger partial charge < -0.3 is 4.98 Å². The number of rotatable bonds is 5. The van der Waals surface area contributed by atoms with E-state index in [2.05, 4.69) is 15.1 Å². The van der Waals surface area contributed by atoms with Crippen molar-refractivity contribution in [3.05, 3.63) is 57.0 Å². The molecule has 9 heteroatoms. The minimum atomic E-state index is -0.195. The van der Waals surface area contributed by atoms with E-state index in [9.17, 15) is 4.79 Å². The van der Waals surface area contributed by atoms with Crippen molar-refractivity contribution in [1.82, 2.24) is 19.7 Å². The first-order chi connectivity index (χ1) is 12.7. The second-order valence-corrected chi connectivity index (χ2v) is 8.03. The summed E-state index contributed by atoms with van der Waals surface area (Å²) in [5.41, 5.74) is 1.52. The van der Waals surface area contributed by atoms with Crippen molar-refractivity contribution in [1.29, 1.82) is 0 Å². The third-order valence-corrected chi connectivity index (χ3v) is 5.95. The molecule has 26 heavy (non-hydrogen) atoms. The van der Waals surface area contributed by atoms with E-state index in [1.54, 1.807) is 28.3 Å². The number of thiophene rings is 2. The molecule has 4 aromatic rings. The normalized spacial score (nSPS) is 12.2. The Hall–Kier alpha value is -1.93. The number of halogens is 2. The van der Waals surface area contributed by atoms with Crippen molar-refractivity contribution in [2.45, 2.75) is 6.54 Å². The molecule has 0 aliphatic heterocycles. The van der Waals surface area contributed by atoms with Gasteiger partial charge in [0, 0.05) is 33.5 Å². The van der Waals surface area contributed by atoms with Gasteiger partial charge >= 0.3 is 0 Å². The lowest BCUT2D eigenvalue weighted by Gasteiger charge is -2.00. The van der Waals surface area contributed by atoms with E-state index in [4.69, 9.17) is 23.2 Å². The van der Waals surface area contributed by atoms with Crippen LogP contribution in [0.25, 0.3) is 31.8 Å². The van der Waals surface area contributed by atoms with Gasteiger partial charge in [0.25, 0.3) is 5.56 Å². The van der Waals surface area contributed by atoms with Crippen molar-refractivity contribution in [3.8, 4) is 10.4 Å². The molecule has 0 spiro atoms. The summed E-state index contributed by atoms with van der Waals surface area (Å²) in [5, 5.41) is 9.08. The number of nitrogens with zero attached hydrogens (tertiary/aromatic N) is 3. The van der Waals surface area contributed by atoms with E-state index in [0.717, 1.165) is 16.0 Å². The van der Waals surface area contributed by atoms with E-state index >= 15 is 0 Å². The molecule has 0 saturated heterocycles. The van der Waals surface area contributed by atoms with E-state index in [1.165, 1.54) is 11.3 Å². The van der Waals surface area contributed by atoms with Crippen LogP contribution in [0.5, 0.6) is 0 Å².